The summed E-state index contributed by atoms with van der Waals surface area (Å²) in [6.07, 6.45) is 11.3. The van der Waals surface area contributed by atoms with E-state index in [1.54, 1.807) is 24.3 Å². The number of nitro groups is 1. The Morgan fingerprint density at radius 3 is 2.36 bits per heavy atom. The average Bonchev–Trinajstić information content (AvgIpc) is 3.48. The molecule has 2 aliphatic rings. The van der Waals surface area contributed by atoms with Gasteiger partial charge < -0.3 is 18.9 Å². The molecular weight excluding hydrogens is 464 g/mol. The Bertz CT molecular complexity index is 1160. The summed E-state index contributed by atoms with van der Waals surface area (Å²) in [6.45, 7) is 2.87. The van der Waals surface area contributed by atoms with Crippen molar-refractivity contribution in [2.24, 2.45) is 4.99 Å². The smallest absolute Gasteiger partial charge is 0.363 e. The predicted octanol–water partition coefficient (Wildman–Crippen LogP) is 6.19. The molecule has 0 fully saturated rings. The largest absolute Gasteiger partial charge is 0.494 e. The lowest BCUT2D eigenvalue weighted by atomic mass is 10.1. The van der Waals surface area contributed by atoms with E-state index >= 15 is 0 Å². The van der Waals surface area contributed by atoms with Crippen LogP contribution >= 0.6 is 0 Å². The molecule has 0 saturated carbocycles. The molecule has 2 aromatic rings. The zero-order chi connectivity index (χ0) is 25.3. The molecule has 0 aromatic heterocycles. The van der Waals surface area contributed by atoms with Gasteiger partial charge in [-0.15, -0.1) is 0 Å². The van der Waals surface area contributed by atoms with Crippen LogP contribution in [0.15, 0.2) is 47.1 Å². The van der Waals surface area contributed by atoms with Gasteiger partial charge in [0.1, 0.15) is 5.75 Å². The van der Waals surface area contributed by atoms with Crippen molar-refractivity contribution in [1.29, 1.82) is 0 Å². The fraction of sp³-hybridized carbons (Fsp3) is 0.407. The van der Waals surface area contributed by atoms with E-state index in [0.717, 1.165) is 18.6 Å². The number of hydrogen-bond acceptors (Lipinski definition) is 8. The number of aliphatic imine (C=N–C) groups is 1. The molecule has 2 aliphatic heterocycles. The number of nitro benzene ring substituents is 1. The third-order valence-electron chi connectivity index (χ3n) is 6.00. The number of hydrogen-bond donors (Lipinski definition) is 0. The molecule has 190 valence electrons. The van der Waals surface area contributed by atoms with Gasteiger partial charge in [0.05, 0.1) is 23.2 Å². The first-order valence-electron chi connectivity index (χ1n) is 12.4. The Hall–Kier alpha value is -3.88. The van der Waals surface area contributed by atoms with Gasteiger partial charge >= 0.3 is 5.97 Å². The summed E-state index contributed by atoms with van der Waals surface area (Å²) in [5.74, 6) is 0.826. The first kappa shape index (κ1) is 25.2. The van der Waals surface area contributed by atoms with E-state index in [9.17, 15) is 14.9 Å². The summed E-state index contributed by atoms with van der Waals surface area (Å²) >= 11 is 0. The number of nitrogens with zero attached hydrogens (tertiary/aromatic N) is 2. The predicted molar refractivity (Wildman–Crippen MR) is 134 cm³/mol. The van der Waals surface area contributed by atoms with Crippen molar-refractivity contribution in [2.75, 3.05) is 13.4 Å². The molecule has 2 heterocycles. The number of ether oxygens (including phenoxy) is 4. The summed E-state index contributed by atoms with van der Waals surface area (Å²) in [5, 5.41) is 11.5. The van der Waals surface area contributed by atoms with Crippen LogP contribution < -0.4 is 14.2 Å². The highest BCUT2D eigenvalue weighted by Gasteiger charge is 2.27. The van der Waals surface area contributed by atoms with E-state index < -0.39 is 10.9 Å². The Morgan fingerprint density at radius 2 is 1.67 bits per heavy atom. The Labute approximate surface area is 209 Å². The highest BCUT2D eigenvalue weighted by molar-refractivity contribution is 6.13. The minimum Gasteiger partial charge on any atom is -0.494 e. The summed E-state index contributed by atoms with van der Waals surface area (Å²) in [4.78, 5) is 27.6. The zero-order valence-electron chi connectivity index (χ0n) is 20.4. The van der Waals surface area contributed by atoms with Crippen molar-refractivity contribution in [2.45, 2.75) is 58.3 Å². The minimum atomic E-state index is -0.688. The van der Waals surface area contributed by atoms with Crippen LogP contribution in [-0.2, 0) is 9.53 Å². The van der Waals surface area contributed by atoms with E-state index in [1.165, 1.54) is 56.7 Å². The van der Waals surface area contributed by atoms with Crippen molar-refractivity contribution in [3.63, 3.8) is 0 Å². The number of fused-ring (bicyclic) bond motifs is 1. The fourth-order valence-electron chi connectivity index (χ4n) is 4.02. The minimum absolute atomic E-state index is 0.0182. The average molecular weight is 495 g/mol. The Balaban J connectivity index is 1.34. The lowest BCUT2D eigenvalue weighted by Gasteiger charge is -2.07. The summed E-state index contributed by atoms with van der Waals surface area (Å²) in [5.41, 5.74) is 0.514. The van der Waals surface area contributed by atoms with Crippen molar-refractivity contribution in [3.05, 3.63) is 63.3 Å². The van der Waals surface area contributed by atoms with Crippen LogP contribution in [0.25, 0.3) is 6.08 Å². The number of esters is 1. The van der Waals surface area contributed by atoms with E-state index in [-0.39, 0.29) is 35.4 Å². The van der Waals surface area contributed by atoms with E-state index in [2.05, 4.69) is 11.9 Å². The monoisotopic (exact) mass is 494 g/mol. The molecule has 9 heteroatoms. The van der Waals surface area contributed by atoms with E-state index in [0.29, 0.717) is 17.9 Å². The fourth-order valence-corrected chi connectivity index (χ4v) is 4.02. The molecular formula is C27H30N2O7. The third-order valence-corrected chi connectivity index (χ3v) is 6.00. The van der Waals surface area contributed by atoms with Gasteiger partial charge in [-0.2, -0.15) is 0 Å². The van der Waals surface area contributed by atoms with E-state index in [1.807, 2.05) is 0 Å². The first-order chi connectivity index (χ1) is 17.5. The molecule has 0 radical (unpaired) electrons. The normalized spacial score (nSPS) is 15.2. The van der Waals surface area contributed by atoms with Gasteiger partial charge in [-0.1, -0.05) is 51.9 Å². The highest BCUT2D eigenvalue weighted by atomic mass is 16.7. The van der Waals surface area contributed by atoms with Crippen molar-refractivity contribution in [1.82, 2.24) is 0 Å². The number of benzene rings is 2. The first-order valence-corrected chi connectivity index (χ1v) is 12.4. The number of carbonyl (C=O) groups is 1. The van der Waals surface area contributed by atoms with Crippen LogP contribution in [0.3, 0.4) is 0 Å². The van der Waals surface area contributed by atoms with Crippen molar-refractivity contribution < 1.29 is 28.7 Å². The molecule has 0 aliphatic carbocycles. The van der Waals surface area contributed by atoms with Gasteiger partial charge in [-0.25, -0.2) is 9.79 Å². The molecule has 4 rings (SSSR count). The Kier molecular flexibility index (Phi) is 8.54. The number of cyclic esters (lactones) is 1. The van der Waals surface area contributed by atoms with Crippen LogP contribution in [0.4, 0.5) is 5.69 Å². The maximum absolute atomic E-state index is 12.4. The van der Waals surface area contributed by atoms with Gasteiger partial charge in [-0.05, 0) is 42.8 Å². The summed E-state index contributed by atoms with van der Waals surface area (Å²) < 4.78 is 21.6. The van der Waals surface area contributed by atoms with Gasteiger partial charge in [-0.3, -0.25) is 10.1 Å². The molecule has 0 atom stereocenters. The topological polar surface area (TPSA) is 109 Å². The van der Waals surface area contributed by atoms with E-state index in [4.69, 9.17) is 18.9 Å². The van der Waals surface area contributed by atoms with Crippen LogP contribution in [0.1, 0.15) is 69.4 Å². The molecule has 0 amide bonds. The second kappa shape index (κ2) is 12.2. The van der Waals surface area contributed by atoms with Crippen LogP contribution in [0, 0.1) is 10.1 Å². The summed E-state index contributed by atoms with van der Waals surface area (Å²) in [7, 11) is 0. The highest BCUT2D eigenvalue weighted by Crippen LogP contribution is 2.39. The molecule has 2 aromatic carbocycles. The molecule has 0 unspecified atom stereocenters. The molecule has 36 heavy (non-hydrogen) atoms. The quantitative estimate of drug-likeness (QED) is 0.107. The van der Waals surface area contributed by atoms with Crippen LogP contribution in [0.5, 0.6) is 17.2 Å². The SMILES string of the molecule is CCCCCCCCCCOc1ccc(C2=N/C(=C\c3cc4c(cc3[N+](=O)[O-])OCO4)C(=O)O2)cc1. The molecule has 0 bridgehead atoms. The lowest BCUT2D eigenvalue weighted by molar-refractivity contribution is -0.385. The lowest BCUT2D eigenvalue weighted by Crippen LogP contribution is -2.05. The second-order valence-corrected chi connectivity index (χ2v) is 8.71. The zero-order valence-corrected chi connectivity index (χ0v) is 20.4. The third kappa shape index (κ3) is 6.41. The standard InChI is InChI=1S/C27H30N2O7/c1-2-3-4-5-6-7-8-9-14-33-21-12-10-19(11-13-21)26-28-22(27(30)36-26)15-20-16-24-25(35-18-34-24)17-23(20)29(31)32/h10-13,15-17H,2-9,14,18H2,1H3/b22-15-. The second-order valence-electron chi connectivity index (χ2n) is 8.71. The number of unbranched alkanes of at least 4 members (excludes halogenated alkanes) is 7. The molecule has 0 N–H and O–H groups in total. The van der Waals surface area contributed by atoms with Gasteiger partial charge in [0.25, 0.3) is 5.69 Å². The number of rotatable bonds is 13. The molecule has 0 spiro atoms. The molecule has 9 nitrogen and oxygen atoms in total. The van der Waals surface area contributed by atoms with Gasteiger partial charge in [0.15, 0.2) is 17.2 Å². The van der Waals surface area contributed by atoms with Gasteiger partial charge in [0.2, 0.25) is 12.7 Å². The maximum atomic E-state index is 12.4. The van der Waals surface area contributed by atoms with Crippen LogP contribution in [0.2, 0.25) is 0 Å². The number of carbonyl (C=O) groups excluding carboxylic acids is 1. The maximum Gasteiger partial charge on any atom is 0.363 e. The van der Waals surface area contributed by atoms with Crippen molar-refractivity contribution >= 4 is 23.6 Å². The Morgan fingerprint density at radius 1 is 1.00 bits per heavy atom. The van der Waals surface area contributed by atoms with Crippen molar-refractivity contribution in [3.8, 4) is 17.2 Å². The van der Waals surface area contributed by atoms with Crippen LogP contribution in [-0.4, -0.2) is 30.2 Å². The van der Waals surface area contributed by atoms with Gasteiger partial charge in [0, 0.05) is 5.56 Å². The summed E-state index contributed by atoms with van der Waals surface area (Å²) in [6, 6.07) is 9.86. The molecule has 0 saturated heterocycles.